The first-order chi connectivity index (χ1) is 8.90. The molecule has 1 aromatic carbocycles. The molecule has 2 rings (SSSR count). The quantitative estimate of drug-likeness (QED) is 0.722. The molecule has 0 saturated heterocycles. The molecule has 1 heterocycles. The molecule has 0 saturated carbocycles. The Hall–Kier alpha value is -2.00. The van der Waals surface area contributed by atoms with Crippen molar-refractivity contribution in [2.24, 2.45) is 0 Å². The zero-order chi connectivity index (χ0) is 14.0. The summed E-state index contributed by atoms with van der Waals surface area (Å²) in [6.45, 7) is -0.127. The van der Waals surface area contributed by atoms with Crippen LogP contribution in [0.2, 0.25) is 0 Å². The molecule has 2 aromatic rings. The Morgan fingerprint density at radius 2 is 2.11 bits per heavy atom. The van der Waals surface area contributed by atoms with Crippen molar-refractivity contribution in [2.75, 3.05) is 5.73 Å². The summed E-state index contributed by atoms with van der Waals surface area (Å²) in [6, 6.07) is 3.11. The van der Waals surface area contributed by atoms with Crippen LogP contribution in [-0.4, -0.2) is 18.6 Å². The summed E-state index contributed by atoms with van der Waals surface area (Å²) in [5.74, 6) is -2.78. The van der Waals surface area contributed by atoms with E-state index in [-0.39, 0.29) is 12.2 Å². The first-order valence-corrected chi connectivity index (χ1v) is 6.61. The van der Waals surface area contributed by atoms with Crippen LogP contribution in [0.3, 0.4) is 0 Å². The standard InChI is InChI=1S/C10H10F2N4O2S/c11-8-3-6(13)4-9(10(8)12)19(17,18)15-5-7-1-2-14-16-7/h1-4,15H,5,13H2,(H,14,16). The molecule has 0 aliphatic heterocycles. The number of halogens is 2. The van der Waals surface area contributed by atoms with Crippen LogP contribution in [0.5, 0.6) is 0 Å². The maximum Gasteiger partial charge on any atom is 0.244 e. The summed E-state index contributed by atoms with van der Waals surface area (Å²) in [5, 5.41) is 6.16. The van der Waals surface area contributed by atoms with Crippen molar-refractivity contribution in [1.82, 2.24) is 14.9 Å². The summed E-state index contributed by atoms with van der Waals surface area (Å²) in [4.78, 5) is -0.829. The number of rotatable bonds is 4. The van der Waals surface area contributed by atoms with Gasteiger partial charge >= 0.3 is 0 Å². The van der Waals surface area contributed by atoms with E-state index in [0.29, 0.717) is 11.8 Å². The van der Waals surface area contributed by atoms with Gasteiger partial charge in [0.2, 0.25) is 10.0 Å². The molecule has 19 heavy (non-hydrogen) atoms. The lowest BCUT2D eigenvalue weighted by molar-refractivity contribution is 0.483. The number of nitrogen functional groups attached to an aromatic ring is 1. The van der Waals surface area contributed by atoms with Crippen molar-refractivity contribution in [3.8, 4) is 0 Å². The largest absolute Gasteiger partial charge is 0.399 e. The number of H-pyrrole nitrogens is 1. The Balaban J connectivity index is 2.29. The Bertz CT molecular complexity index is 686. The predicted octanol–water partition coefficient (Wildman–Crippen LogP) is 0.749. The average Bonchev–Trinajstić information content (AvgIpc) is 2.84. The Morgan fingerprint density at radius 1 is 1.37 bits per heavy atom. The van der Waals surface area contributed by atoms with Crippen molar-refractivity contribution >= 4 is 15.7 Å². The topological polar surface area (TPSA) is 101 Å². The third-order valence-electron chi connectivity index (χ3n) is 2.32. The van der Waals surface area contributed by atoms with Crippen LogP contribution in [0, 0.1) is 11.6 Å². The van der Waals surface area contributed by atoms with Crippen LogP contribution in [0.1, 0.15) is 5.69 Å². The van der Waals surface area contributed by atoms with Gasteiger partial charge in [-0.25, -0.2) is 21.9 Å². The highest BCUT2D eigenvalue weighted by atomic mass is 32.2. The lowest BCUT2D eigenvalue weighted by atomic mass is 10.3. The monoisotopic (exact) mass is 288 g/mol. The first-order valence-electron chi connectivity index (χ1n) is 5.12. The number of nitrogens with zero attached hydrogens (tertiary/aromatic N) is 1. The highest BCUT2D eigenvalue weighted by molar-refractivity contribution is 7.89. The van der Waals surface area contributed by atoms with Crippen LogP contribution in [0.4, 0.5) is 14.5 Å². The van der Waals surface area contributed by atoms with E-state index >= 15 is 0 Å². The van der Waals surface area contributed by atoms with Gasteiger partial charge in [-0.3, -0.25) is 5.10 Å². The minimum atomic E-state index is -4.20. The molecule has 4 N–H and O–H groups in total. The Morgan fingerprint density at radius 3 is 2.74 bits per heavy atom. The SMILES string of the molecule is Nc1cc(F)c(F)c(S(=O)(=O)NCc2ccn[nH]2)c1. The Kier molecular flexibility index (Phi) is 3.49. The van der Waals surface area contributed by atoms with Crippen molar-refractivity contribution < 1.29 is 17.2 Å². The van der Waals surface area contributed by atoms with E-state index in [0.717, 1.165) is 6.07 Å². The van der Waals surface area contributed by atoms with Crippen molar-refractivity contribution in [1.29, 1.82) is 0 Å². The smallest absolute Gasteiger partial charge is 0.244 e. The number of aromatic amines is 1. The molecule has 6 nitrogen and oxygen atoms in total. The van der Waals surface area contributed by atoms with Crippen molar-refractivity contribution in [3.05, 3.63) is 41.7 Å². The van der Waals surface area contributed by atoms with Gasteiger partial charge in [-0.05, 0) is 18.2 Å². The molecule has 0 amide bonds. The summed E-state index contributed by atoms with van der Waals surface area (Å²) in [6.07, 6.45) is 1.43. The summed E-state index contributed by atoms with van der Waals surface area (Å²) in [5.41, 5.74) is 5.60. The second-order valence-electron chi connectivity index (χ2n) is 3.72. The number of sulfonamides is 1. The van der Waals surface area contributed by atoms with E-state index in [2.05, 4.69) is 14.9 Å². The molecule has 102 valence electrons. The van der Waals surface area contributed by atoms with Crippen LogP contribution < -0.4 is 10.5 Å². The third-order valence-corrected chi connectivity index (χ3v) is 3.72. The number of hydrogen-bond acceptors (Lipinski definition) is 4. The Labute approximate surface area is 107 Å². The summed E-state index contributed by atoms with van der Waals surface area (Å²) in [7, 11) is -4.20. The van der Waals surface area contributed by atoms with Crippen LogP contribution in [0.15, 0.2) is 29.3 Å². The zero-order valence-electron chi connectivity index (χ0n) is 9.52. The van der Waals surface area contributed by atoms with Crippen LogP contribution in [0.25, 0.3) is 0 Å². The first kappa shape index (κ1) is 13.4. The van der Waals surface area contributed by atoms with E-state index in [4.69, 9.17) is 5.73 Å². The summed E-state index contributed by atoms with van der Waals surface area (Å²) < 4.78 is 52.4. The molecule has 0 aliphatic carbocycles. The van der Waals surface area contributed by atoms with Gasteiger partial charge in [-0.1, -0.05) is 0 Å². The van der Waals surface area contributed by atoms with Gasteiger partial charge in [0.05, 0.1) is 12.2 Å². The van der Waals surface area contributed by atoms with Gasteiger partial charge in [0.25, 0.3) is 0 Å². The normalized spacial score (nSPS) is 11.7. The van der Waals surface area contributed by atoms with Gasteiger partial charge in [-0.2, -0.15) is 5.10 Å². The minimum Gasteiger partial charge on any atom is -0.399 e. The highest BCUT2D eigenvalue weighted by Crippen LogP contribution is 2.21. The molecule has 0 unspecified atom stereocenters. The van der Waals surface area contributed by atoms with Gasteiger partial charge in [0.1, 0.15) is 4.90 Å². The van der Waals surface area contributed by atoms with Crippen molar-refractivity contribution in [2.45, 2.75) is 11.4 Å². The van der Waals surface area contributed by atoms with Crippen LogP contribution >= 0.6 is 0 Å². The van der Waals surface area contributed by atoms with Gasteiger partial charge < -0.3 is 5.73 Å². The lowest BCUT2D eigenvalue weighted by Crippen LogP contribution is -2.25. The van der Waals surface area contributed by atoms with Gasteiger partial charge in [0, 0.05) is 11.9 Å². The molecule has 0 fully saturated rings. The number of aromatic nitrogens is 2. The summed E-state index contributed by atoms with van der Waals surface area (Å²) >= 11 is 0. The zero-order valence-corrected chi connectivity index (χ0v) is 10.3. The van der Waals surface area contributed by atoms with E-state index in [9.17, 15) is 17.2 Å². The minimum absolute atomic E-state index is 0.127. The molecular formula is C10H10F2N4O2S. The number of hydrogen-bond donors (Lipinski definition) is 3. The number of benzene rings is 1. The second kappa shape index (κ2) is 4.94. The lowest BCUT2D eigenvalue weighted by Gasteiger charge is -2.08. The fourth-order valence-electron chi connectivity index (χ4n) is 1.41. The number of nitrogens with one attached hydrogen (secondary N) is 2. The predicted molar refractivity (Wildman–Crippen MR) is 63.4 cm³/mol. The van der Waals surface area contributed by atoms with Crippen molar-refractivity contribution in [3.63, 3.8) is 0 Å². The molecule has 0 spiro atoms. The molecule has 0 radical (unpaired) electrons. The van der Waals surface area contributed by atoms with Gasteiger partial charge in [0.15, 0.2) is 11.6 Å². The molecule has 1 aromatic heterocycles. The molecular weight excluding hydrogens is 278 g/mol. The number of anilines is 1. The van der Waals surface area contributed by atoms with E-state index < -0.39 is 26.6 Å². The van der Waals surface area contributed by atoms with Crippen LogP contribution in [-0.2, 0) is 16.6 Å². The second-order valence-corrected chi connectivity index (χ2v) is 5.46. The molecule has 0 atom stereocenters. The van der Waals surface area contributed by atoms with E-state index in [1.54, 1.807) is 6.07 Å². The van der Waals surface area contributed by atoms with E-state index in [1.807, 2.05) is 0 Å². The third kappa shape index (κ3) is 2.88. The molecule has 9 heteroatoms. The average molecular weight is 288 g/mol. The fraction of sp³-hybridized carbons (Fsp3) is 0.100. The van der Waals surface area contributed by atoms with E-state index in [1.165, 1.54) is 6.20 Å². The molecule has 0 aliphatic rings. The van der Waals surface area contributed by atoms with Gasteiger partial charge in [-0.15, -0.1) is 0 Å². The molecule has 0 bridgehead atoms. The number of nitrogens with two attached hydrogens (primary N) is 1. The highest BCUT2D eigenvalue weighted by Gasteiger charge is 2.22. The maximum atomic E-state index is 13.5. The fourth-order valence-corrected chi connectivity index (χ4v) is 2.54. The maximum absolute atomic E-state index is 13.5.